The molecule has 4 aromatic carbocycles. The molecule has 0 aliphatic heterocycles. The van der Waals surface area contributed by atoms with Gasteiger partial charge < -0.3 is 24.8 Å². The van der Waals surface area contributed by atoms with Crippen molar-refractivity contribution in [3.8, 4) is 11.1 Å². The number of benzene rings is 4. The first-order valence-electron chi connectivity index (χ1n) is 20.7. The summed E-state index contributed by atoms with van der Waals surface area (Å²) in [5.74, 6) is -0.0581. The van der Waals surface area contributed by atoms with E-state index < -0.39 is 44.7 Å². The third kappa shape index (κ3) is 7.90. The number of fused-ring (bicyclic) bond motifs is 5. The first kappa shape index (κ1) is 47.2. The molecule has 1 atom stereocenters. The molecule has 0 saturated carbocycles. The molecule has 1 unspecified atom stereocenters. The smallest absolute Gasteiger partial charge is 1.00 e. The Labute approximate surface area is 377 Å². The predicted molar refractivity (Wildman–Crippen MR) is 227 cm³/mol. The van der Waals surface area contributed by atoms with Crippen LogP contribution in [0.4, 0.5) is 26.3 Å². The molecule has 0 bridgehead atoms. The van der Waals surface area contributed by atoms with E-state index in [9.17, 15) is 26.3 Å². The fourth-order valence-electron chi connectivity index (χ4n) is 10.7. The molecule has 4 aromatic rings. The molecule has 4 aliphatic rings. The number of rotatable bonds is 5. The Morgan fingerprint density at radius 2 is 1.07 bits per heavy atom. The summed E-state index contributed by atoms with van der Waals surface area (Å²) >= 11 is -3.94. The van der Waals surface area contributed by atoms with Crippen LogP contribution in [0.5, 0.6) is 0 Å². The van der Waals surface area contributed by atoms with Crippen molar-refractivity contribution in [2.75, 3.05) is 0 Å². The van der Waals surface area contributed by atoms with E-state index in [0.29, 0.717) is 20.8 Å². The third-order valence-corrected chi connectivity index (χ3v) is 22.2. The van der Waals surface area contributed by atoms with Crippen molar-refractivity contribution in [1.29, 1.82) is 0 Å². The molecule has 0 heterocycles. The average molecular weight is 953 g/mol. The molecule has 320 valence electrons. The summed E-state index contributed by atoms with van der Waals surface area (Å²) < 4.78 is 89.9. The maximum atomic E-state index is 14.7. The summed E-state index contributed by atoms with van der Waals surface area (Å²) in [6.45, 7) is 24.1. The molecule has 0 nitrogen and oxygen atoms in total. The maximum absolute atomic E-state index is 14.7. The number of halogens is 8. The fraction of sp³-hybridized carbons (Fsp3) is 0.365. The Morgan fingerprint density at radius 1 is 0.639 bits per heavy atom. The van der Waals surface area contributed by atoms with E-state index in [1.165, 1.54) is 72.1 Å². The van der Waals surface area contributed by atoms with E-state index in [2.05, 4.69) is 119 Å². The van der Waals surface area contributed by atoms with E-state index in [0.717, 1.165) is 34.4 Å². The third-order valence-electron chi connectivity index (χ3n) is 13.2. The van der Waals surface area contributed by atoms with Crippen LogP contribution in [0, 0.1) is 11.3 Å². The Balaban J connectivity index is 0.00000311. The molecule has 0 spiro atoms. The normalized spacial score (nSPS) is 18.5. The molecule has 8 rings (SSSR count). The van der Waals surface area contributed by atoms with Crippen molar-refractivity contribution < 1.29 is 72.4 Å². The molecule has 0 saturated heterocycles. The second kappa shape index (κ2) is 15.8. The van der Waals surface area contributed by atoms with Crippen molar-refractivity contribution in [1.82, 2.24) is 0 Å². The van der Waals surface area contributed by atoms with Crippen LogP contribution < -0.4 is 24.8 Å². The average Bonchev–Trinajstić information content (AvgIpc) is 3.79. The van der Waals surface area contributed by atoms with E-state index >= 15 is 0 Å². The van der Waals surface area contributed by atoms with Gasteiger partial charge in [0.25, 0.3) is 0 Å². The van der Waals surface area contributed by atoms with Gasteiger partial charge in [0, 0.05) is 0 Å². The van der Waals surface area contributed by atoms with Crippen molar-refractivity contribution >= 4 is 14.4 Å². The van der Waals surface area contributed by atoms with Crippen LogP contribution in [0.2, 0.25) is 0 Å². The molecule has 61 heavy (non-hydrogen) atoms. The largest absolute Gasteiger partial charge is 1.00 e. The van der Waals surface area contributed by atoms with Crippen LogP contribution in [0.3, 0.4) is 0 Å². The molecule has 0 amide bonds. The molecule has 0 aromatic heterocycles. The Hall–Kier alpha value is -3.25. The second-order valence-electron chi connectivity index (χ2n) is 19.3. The Bertz CT molecular complexity index is 2490. The maximum Gasteiger partial charge on any atom is -1.00 e. The SMILES string of the molecule is CCC1=[C]([Zr+2](=[C](c2cccc(C(F)(F)F)c2)c2cccc(C(F)(F)F)c2)[CH]2c3cc4c(cc3-c3cc5c(cc32)C(C)(C)C=C5C)C(C)=CC4(C)C)C(C)C=C1C(C)(C)C.[Cl-].[Cl-]. The van der Waals surface area contributed by atoms with Gasteiger partial charge in [-0.2, -0.15) is 0 Å². The summed E-state index contributed by atoms with van der Waals surface area (Å²) in [6.07, 6.45) is -1.64. The van der Waals surface area contributed by atoms with Crippen LogP contribution in [0.1, 0.15) is 142 Å². The van der Waals surface area contributed by atoms with Gasteiger partial charge in [0.15, 0.2) is 0 Å². The molecule has 4 aliphatic carbocycles. The number of allylic oxidation sites excluding steroid dienone is 8. The van der Waals surface area contributed by atoms with Crippen LogP contribution >= 0.6 is 0 Å². The zero-order valence-electron chi connectivity index (χ0n) is 36.5. The number of hydrogen-bond acceptors (Lipinski definition) is 0. The van der Waals surface area contributed by atoms with Crippen molar-refractivity contribution in [2.24, 2.45) is 11.3 Å². The monoisotopic (exact) mass is 950 g/mol. The Morgan fingerprint density at radius 3 is 1.44 bits per heavy atom. The minimum Gasteiger partial charge on any atom is -1.00 e. The van der Waals surface area contributed by atoms with Gasteiger partial charge in [-0.3, -0.25) is 0 Å². The summed E-state index contributed by atoms with van der Waals surface area (Å²) in [5.41, 5.74) is 12.5. The van der Waals surface area contributed by atoms with Gasteiger partial charge in [-0.15, -0.1) is 0 Å². The first-order valence-corrected chi connectivity index (χ1v) is 24.5. The quantitative estimate of drug-likeness (QED) is 0.175. The minimum absolute atomic E-state index is 0. The summed E-state index contributed by atoms with van der Waals surface area (Å²) in [4.78, 5) is 0. The van der Waals surface area contributed by atoms with Gasteiger partial charge in [0.2, 0.25) is 0 Å². The van der Waals surface area contributed by atoms with Gasteiger partial charge in [0.1, 0.15) is 0 Å². The fourth-order valence-corrected chi connectivity index (χ4v) is 20.8. The summed E-state index contributed by atoms with van der Waals surface area (Å²) in [7, 11) is 0. The van der Waals surface area contributed by atoms with Crippen molar-refractivity contribution in [3.05, 3.63) is 161 Å². The minimum atomic E-state index is -4.64. The van der Waals surface area contributed by atoms with Crippen LogP contribution in [0.25, 0.3) is 22.3 Å². The van der Waals surface area contributed by atoms with Gasteiger partial charge in [-0.05, 0) is 0 Å². The van der Waals surface area contributed by atoms with Gasteiger partial charge in [-0.25, -0.2) is 0 Å². The number of hydrogen-bond donors (Lipinski definition) is 0. The predicted octanol–water partition coefficient (Wildman–Crippen LogP) is 9.36. The second-order valence-corrected chi connectivity index (χ2v) is 25.3. The summed E-state index contributed by atoms with van der Waals surface area (Å²) in [5, 5.41) is 0. The van der Waals surface area contributed by atoms with Crippen molar-refractivity contribution in [3.63, 3.8) is 0 Å². The standard InChI is InChI=1S/C25H25.C15H8F6.C12H19.2ClH.Zr/c1-14-12-24(3,4)22-8-16-7-17-9-23-19(15(2)13-25(23,5)6)11-21(17)20(16)10-18(14)22;16-14(17,18)12-5-1-3-10(8-12)7-11-4-2-6-13(9-11)15(19,20)21;1-6-10-7-9(2)8-11(10)12(3,4)5;;;/h7-13H,1-6H3;1-6,8-9H;8-9H,6H2,1-5H3;2*1H;/q;;;;;+2/p-2. The first-order chi connectivity index (χ1) is 27.3. The topological polar surface area (TPSA) is 0 Å². The molecular formula is C52H52Cl2F6Zr. The molecule has 0 fully saturated rings. The van der Waals surface area contributed by atoms with E-state index in [1.54, 1.807) is 12.1 Å². The number of alkyl halides is 6. The van der Waals surface area contributed by atoms with E-state index in [1.807, 2.05) is 0 Å². The zero-order chi connectivity index (χ0) is 42.9. The Kier molecular flexibility index (Phi) is 12.2. The van der Waals surface area contributed by atoms with Crippen LogP contribution in [-0.2, 0) is 44.4 Å². The van der Waals surface area contributed by atoms with Gasteiger partial charge in [0.05, 0.1) is 0 Å². The van der Waals surface area contributed by atoms with Crippen LogP contribution in [-0.4, -0.2) is 3.21 Å². The van der Waals surface area contributed by atoms with Gasteiger partial charge >= 0.3 is 355 Å². The molecule has 0 radical (unpaired) electrons. The van der Waals surface area contributed by atoms with Gasteiger partial charge in [-0.1, -0.05) is 0 Å². The van der Waals surface area contributed by atoms with E-state index in [4.69, 9.17) is 0 Å². The molecule has 0 N–H and O–H groups in total. The zero-order valence-corrected chi connectivity index (χ0v) is 40.5. The molecule has 9 heteroatoms. The molecular weight excluding hydrogens is 901 g/mol. The van der Waals surface area contributed by atoms with E-state index in [-0.39, 0.29) is 50.6 Å². The van der Waals surface area contributed by atoms with Crippen LogP contribution in [0.15, 0.2) is 105 Å². The summed E-state index contributed by atoms with van der Waals surface area (Å²) in [6, 6.07) is 20.1. The van der Waals surface area contributed by atoms with Crippen molar-refractivity contribution in [2.45, 2.75) is 109 Å².